The number of fused-ring (bicyclic) bond motifs is 1. The molecule has 2 atom stereocenters. The molecule has 3 saturated heterocycles. The normalized spacial score (nSPS) is 27.1. The Morgan fingerprint density at radius 3 is 2.22 bits per heavy atom. The number of hydrogen-bond acceptors (Lipinski definition) is 4. The van der Waals surface area contributed by atoms with Crippen LogP contribution in [0.15, 0.2) is 12.1 Å². The minimum absolute atomic E-state index is 0.212. The van der Waals surface area contributed by atoms with E-state index in [1.54, 1.807) is 0 Å². The fraction of sp³-hybridized carbons (Fsp3) is 0.682. The first kappa shape index (κ1) is 18.9. The van der Waals surface area contributed by atoms with Crippen LogP contribution in [-0.4, -0.2) is 73.0 Å². The number of carbonyl (C=O) groups excluding carboxylic acids is 1. The van der Waals surface area contributed by atoms with Crippen molar-refractivity contribution in [1.29, 1.82) is 0 Å². The van der Waals surface area contributed by atoms with E-state index in [0.717, 1.165) is 39.3 Å². The van der Waals surface area contributed by atoms with Crippen molar-refractivity contribution in [3.05, 3.63) is 34.4 Å². The van der Waals surface area contributed by atoms with Crippen LogP contribution in [0.3, 0.4) is 0 Å². The molecule has 0 saturated carbocycles. The highest BCUT2D eigenvalue weighted by Gasteiger charge is 2.41. The number of aryl methyl sites for hydroxylation is 1. The van der Waals surface area contributed by atoms with Gasteiger partial charge in [0.1, 0.15) is 0 Å². The molecule has 3 heterocycles. The van der Waals surface area contributed by atoms with Gasteiger partial charge in [0.25, 0.3) is 0 Å². The first-order valence-corrected chi connectivity index (χ1v) is 10.6. The Labute approximate surface area is 163 Å². The molecule has 5 nitrogen and oxygen atoms in total. The van der Waals surface area contributed by atoms with Gasteiger partial charge in [-0.05, 0) is 37.1 Å². The maximum atomic E-state index is 11.9. The second-order valence-electron chi connectivity index (χ2n) is 8.72. The fourth-order valence-corrected chi connectivity index (χ4v) is 5.04. The van der Waals surface area contributed by atoms with Crippen LogP contribution >= 0.6 is 0 Å². The lowest BCUT2D eigenvalue weighted by molar-refractivity contribution is -0.122. The summed E-state index contributed by atoms with van der Waals surface area (Å²) in [7, 11) is 0. The zero-order valence-corrected chi connectivity index (χ0v) is 17.1. The van der Waals surface area contributed by atoms with Crippen LogP contribution in [0.5, 0.6) is 0 Å². The summed E-state index contributed by atoms with van der Waals surface area (Å²) in [5, 5.41) is 3.01. The van der Waals surface area contributed by atoms with Crippen molar-refractivity contribution in [2.24, 2.45) is 11.8 Å². The predicted octanol–water partition coefficient (Wildman–Crippen LogP) is 1.62. The molecule has 27 heavy (non-hydrogen) atoms. The molecule has 1 aromatic rings. The Balaban J connectivity index is 1.43. The van der Waals surface area contributed by atoms with Crippen molar-refractivity contribution < 1.29 is 4.79 Å². The van der Waals surface area contributed by atoms with E-state index in [0.29, 0.717) is 5.92 Å². The first-order chi connectivity index (χ1) is 13.0. The monoisotopic (exact) mass is 370 g/mol. The number of likely N-dealkylation sites (tertiary alicyclic amines) is 1. The van der Waals surface area contributed by atoms with E-state index in [4.69, 9.17) is 0 Å². The lowest BCUT2D eigenvalue weighted by Crippen LogP contribution is -2.45. The average molecular weight is 371 g/mol. The van der Waals surface area contributed by atoms with Gasteiger partial charge in [-0.2, -0.15) is 0 Å². The van der Waals surface area contributed by atoms with Gasteiger partial charge < -0.3 is 10.2 Å². The second-order valence-corrected chi connectivity index (χ2v) is 8.72. The summed E-state index contributed by atoms with van der Waals surface area (Å²) in [6.07, 6.45) is 0. The van der Waals surface area contributed by atoms with Gasteiger partial charge in [0.15, 0.2) is 0 Å². The molecule has 5 heteroatoms. The van der Waals surface area contributed by atoms with E-state index >= 15 is 0 Å². The number of amides is 1. The van der Waals surface area contributed by atoms with Gasteiger partial charge in [-0.25, -0.2) is 0 Å². The third-order valence-corrected chi connectivity index (χ3v) is 6.86. The molecule has 0 radical (unpaired) electrons. The predicted molar refractivity (Wildman–Crippen MR) is 109 cm³/mol. The third-order valence-electron chi connectivity index (χ3n) is 6.86. The molecule has 4 rings (SSSR count). The largest absolute Gasteiger partial charge is 0.355 e. The van der Waals surface area contributed by atoms with Crippen molar-refractivity contribution in [2.45, 2.75) is 33.9 Å². The molecule has 0 unspecified atom stereocenters. The number of benzene rings is 1. The zero-order valence-electron chi connectivity index (χ0n) is 17.1. The Morgan fingerprint density at radius 2 is 1.59 bits per heavy atom. The van der Waals surface area contributed by atoms with Crippen molar-refractivity contribution in [1.82, 2.24) is 20.0 Å². The van der Waals surface area contributed by atoms with Gasteiger partial charge in [-0.15, -0.1) is 0 Å². The lowest BCUT2D eigenvalue weighted by Gasteiger charge is -2.34. The van der Waals surface area contributed by atoms with Crippen molar-refractivity contribution in [3.63, 3.8) is 0 Å². The summed E-state index contributed by atoms with van der Waals surface area (Å²) >= 11 is 0. The maximum absolute atomic E-state index is 11.9. The standard InChI is InChI=1S/C22H34N4O/c1-4-24-5-7-25(8-6-24)12-18-9-16(2)10-19(17(18)3)13-26-14-20-11-23-22(27)21(20)15-26/h9-10,20-21H,4-8,11-15H2,1-3H3,(H,23,27)/t20-,21+/m0/s1. The molecular weight excluding hydrogens is 336 g/mol. The number of carbonyl (C=O) groups is 1. The van der Waals surface area contributed by atoms with Gasteiger partial charge in [0.05, 0.1) is 5.92 Å². The van der Waals surface area contributed by atoms with Gasteiger partial charge in [0, 0.05) is 64.8 Å². The molecule has 3 aliphatic rings. The lowest BCUT2D eigenvalue weighted by atomic mass is 9.98. The second kappa shape index (κ2) is 7.90. The summed E-state index contributed by atoms with van der Waals surface area (Å²) in [5.74, 6) is 0.983. The summed E-state index contributed by atoms with van der Waals surface area (Å²) < 4.78 is 0. The smallest absolute Gasteiger partial charge is 0.224 e. The number of piperazine rings is 1. The molecule has 0 aromatic heterocycles. The van der Waals surface area contributed by atoms with Crippen molar-refractivity contribution >= 4 is 5.91 Å². The summed E-state index contributed by atoms with van der Waals surface area (Å²) in [6.45, 7) is 17.5. The first-order valence-electron chi connectivity index (χ1n) is 10.6. The molecule has 1 N–H and O–H groups in total. The van der Waals surface area contributed by atoms with E-state index in [1.807, 2.05) is 0 Å². The molecule has 1 amide bonds. The molecule has 0 spiro atoms. The van der Waals surface area contributed by atoms with Gasteiger partial charge in [-0.1, -0.05) is 24.6 Å². The van der Waals surface area contributed by atoms with Crippen LogP contribution in [0, 0.1) is 25.7 Å². The van der Waals surface area contributed by atoms with E-state index in [9.17, 15) is 4.79 Å². The molecule has 0 aliphatic carbocycles. The van der Waals surface area contributed by atoms with Crippen molar-refractivity contribution in [3.8, 4) is 0 Å². The zero-order chi connectivity index (χ0) is 19.0. The Morgan fingerprint density at radius 1 is 0.963 bits per heavy atom. The average Bonchev–Trinajstić information content (AvgIpc) is 3.21. The summed E-state index contributed by atoms with van der Waals surface area (Å²) in [6, 6.07) is 4.72. The highest BCUT2D eigenvalue weighted by molar-refractivity contribution is 5.81. The minimum Gasteiger partial charge on any atom is -0.355 e. The molecular formula is C22H34N4O. The molecule has 3 aliphatic heterocycles. The van der Waals surface area contributed by atoms with Crippen LogP contribution in [-0.2, 0) is 17.9 Å². The number of nitrogens with zero attached hydrogens (tertiary/aromatic N) is 3. The number of likely N-dealkylation sites (N-methyl/N-ethyl adjacent to an activating group) is 1. The topological polar surface area (TPSA) is 38.8 Å². The third kappa shape index (κ3) is 4.05. The maximum Gasteiger partial charge on any atom is 0.224 e. The highest BCUT2D eigenvalue weighted by atomic mass is 16.2. The molecule has 0 bridgehead atoms. The molecule has 148 valence electrons. The van der Waals surface area contributed by atoms with E-state index in [1.165, 1.54) is 48.4 Å². The van der Waals surface area contributed by atoms with E-state index < -0.39 is 0 Å². The van der Waals surface area contributed by atoms with Crippen LogP contribution in [0.25, 0.3) is 0 Å². The SMILES string of the molecule is CCN1CCN(Cc2cc(C)cc(CN3C[C@@H]4CNC(=O)[C@@H]4C3)c2C)CC1. The van der Waals surface area contributed by atoms with Gasteiger partial charge >= 0.3 is 0 Å². The highest BCUT2D eigenvalue weighted by Crippen LogP contribution is 2.29. The minimum atomic E-state index is 0.212. The number of nitrogens with one attached hydrogen (secondary N) is 1. The fourth-order valence-electron chi connectivity index (χ4n) is 5.04. The quantitative estimate of drug-likeness (QED) is 0.855. The van der Waals surface area contributed by atoms with Crippen LogP contribution < -0.4 is 5.32 Å². The van der Waals surface area contributed by atoms with Crippen LogP contribution in [0.1, 0.15) is 29.2 Å². The summed E-state index contributed by atoms with van der Waals surface area (Å²) in [4.78, 5) is 19.6. The number of rotatable bonds is 5. The number of hydrogen-bond donors (Lipinski definition) is 1. The molecule has 3 fully saturated rings. The van der Waals surface area contributed by atoms with E-state index in [-0.39, 0.29) is 11.8 Å². The summed E-state index contributed by atoms with van der Waals surface area (Å²) in [5.41, 5.74) is 5.72. The Kier molecular flexibility index (Phi) is 5.53. The Bertz CT molecular complexity index is 696. The molecule has 1 aromatic carbocycles. The van der Waals surface area contributed by atoms with E-state index in [2.05, 4.69) is 52.9 Å². The van der Waals surface area contributed by atoms with Crippen molar-refractivity contribution in [2.75, 3.05) is 52.4 Å². The van der Waals surface area contributed by atoms with Crippen LogP contribution in [0.4, 0.5) is 0 Å². The Hall–Kier alpha value is -1.43. The van der Waals surface area contributed by atoms with Gasteiger partial charge in [-0.3, -0.25) is 14.6 Å². The van der Waals surface area contributed by atoms with Gasteiger partial charge in [0.2, 0.25) is 5.91 Å². The van der Waals surface area contributed by atoms with Crippen LogP contribution in [0.2, 0.25) is 0 Å².